The average Bonchev–Trinajstić information content (AvgIpc) is 3.31. The highest BCUT2D eigenvalue weighted by Gasteiger charge is 2.23. The van der Waals surface area contributed by atoms with E-state index in [0.717, 1.165) is 35.8 Å². The summed E-state index contributed by atoms with van der Waals surface area (Å²) >= 11 is 1.63. The number of nitrogens with zero attached hydrogens (tertiary/aromatic N) is 2. The molecule has 34 heavy (non-hydrogen) atoms. The Morgan fingerprint density at radius 1 is 1.15 bits per heavy atom. The minimum Gasteiger partial charge on any atom is -0.496 e. The van der Waals surface area contributed by atoms with Crippen LogP contribution in [-0.4, -0.2) is 46.5 Å². The summed E-state index contributed by atoms with van der Waals surface area (Å²) in [5, 5.41) is 5.81. The number of aromatic nitrogens is 2. The Morgan fingerprint density at radius 2 is 1.94 bits per heavy atom. The number of amides is 2. The number of carbonyl (C=O) groups excluding carboxylic acids is 2. The van der Waals surface area contributed by atoms with E-state index >= 15 is 0 Å². The zero-order valence-electron chi connectivity index (χ0n) is 19.5. The number of carbonyl (C=O) groups is 2. The lowest BCUT2D eigenvalue weighted by Gasteiger charge is -2.19. The smallest absolute Gasteiger partial charge is 0.255 e. The highest BCUT2D eigenvalue weighted by molar-refractivity contribution is 7.98. The van der Waals surface area contributed by atoms with E-state index in [1.807, 2.05) is 30.5 Å². The van der Waals surface area contributed by atoms with Crippen LogP contribution in [0, 0.1) is 0 Å². The lowest BCUT2D eigenvalue weighted by atomic mass is 10.1. The summed E-state index contributed by atoms with van der Waals surface area (Å²) in [6, 6.07) is 14.0. The number of hydrogen-bond donors (Lipinski definition) is 2. The monoisotopic (exact) mass is 478 g/mol. The van der Waals surface area contributed by atoms with Crippen molar-refractivity contribution in [3.63, 3.8) is 0 Å². The van der Waals surface area contributed by atoms with Gasteiger partial charge in [0.15, 0.2) is 0 Å². The van der Waals surface area contributed by atoms with E-state index in [2.05, 4.69) is 21.4 Å². The van der Waals surface area contributed by atoms with Crippen LogP contribution in [0.2, 0.25) is 0 Å². The topological polar surface area (TPSA) is 85.2 Å². The van der Waals surface area contributed by atoms with Gasteiger partial charge in [-0.1, -0.05) is 24.3 Å². The fourth-order valence-corrected chi connectivity index (χ4v) is 4.55. The van der Waals surface area contributed by atoms with Gasteiger partial charge in [0.1, 0.15) is 17.6 Å². The van der Waals surface area contributed by atoms with Crippen molar-refractivity contribution in [1.82, 2.24) is 14.9 Å². The van der Waals surface area contributed by atoms with E-state index in [0.29, 0.717) is 23.4 Å². The zero-order chi connectivity index (χ0) is 23.9. The van der Waals surface area contributed by atoms with Crippen LogP contribution in [0.4, 0.5) is 5.69 Å². The number of para-hydroxylation sites is 1. The maximum Gasteiger partial charge on any atom is 0.255 e. The van der Waals surface area contributed by atoms with Crippen LogP contribution in [0.15, 0.2) is 54.7 Å². The molecule has 0 aliphatic carbocycles. The summed E-state index contributed by atoms with van der Waals surface area (Å²) < 4.78 is 7.52. The van der Waals surface area contributed by atoms with Gasteiger partial charge in [0, 0.05) is 30.4 Å². The van der Waals surface area contributed by atoms with Crippen LogP contribution in [0.25, 0.3) is 11.3 Å². The number of rotatable bonds is 9. The molecule has 3 aromatic rings. The first-order valence-electron chi connectivity index (χ1n) is 11.5. The Labute approximate surface area is 204 Å². The van der Waals surface area contributed by atoms with Crippen LogP contribution in [0.5, 0.6) is 5.75 Å². The second-order valence-corrected chi connectivity index (χ2v) is 9.25. The van der Waals surface area contributed by atoms with Crippen molar-refractivity contribution in [3.8, 4) is 17.0 Å². The van der Waals surface area contributed by atoms with Crippen LogP contribution in [-0.2, 0) is 17.8 Å². The molecule has 0 saturated heterocycles. The predicted octanol–water partition coefficient (Wildman–Crippen LogP) is 4.39. The summed E-state index contributed by atoms with van der Waals surface area (Å²) in [4.78, 5) is 30.7. The normalized spacial score (nSPS) is 13.6. The summed E-state index contributed by atoms with van der Waals surface area (Å²) in [6.07, 6.45) is 8.00. The molecule has 1 aliphatic rings. The van der Waals surface area contributed by atoms with E-state index in [1.54, 1.807) is 36.0 Å². The summed E-state index contributed by atoms with van der Waals surface area (Å²) in [5.74, 6) is 1.77. The first-order valence-corrected chi connectivity index (χ1v) is 12.9. The van der Waals surface area contributed by atoms with Crippen molar-refractivity contribution >= 4 is 29.3 Å². The first-order chi connectivity index (χ1) is 16.6. The summed E-state index contributed by atoms with van der Waals surface area (Å²) in [5.41, 5.74) is 3.05. The Hall–Kier alpha value is -3.26. The molecule has 2 amide bonds. The molecule has 0 radical (unpaired) electrons. The molecule has 2 N–H and O–H groups in total. The molecule has 0 saturated carbocycles. The van der Waals surface area contributed by atoms with Crippen LogP contribution >= 0.6 is 11.8 Å². The number of aryl methyl sites for hydroxylation is 2. The van der Waals surface area contributed by atoms with Gasteiger partial charge in [-0.25, -0.2) is 4.98 Å². The van der Waals surface area contributed by atoms with Crippen molar-refractivity contribution in [2.45, 2.75) is 38.3 Å². The number of benzene rings is 2. The van der Waals surface area contributed by atoms with Crippen molar-refractivity contribution in [1.29, 1.82) is 0 Å². The van der Waals surface area contributed by atoms with E-state index in [-0.39, 0.29) is 11.8 Å². The van der Waals surface area contributed by atoms with E-state index < -0.39 is 6.04 Å². The largest absolute Gasteiger partial charge is 0.496 e. The molecule has 0 bridgehead atoms. The summed E-state index contributed by atoms with van der Waals surface area (Å²) in [6.45, 7) is 1.02. The molecule has 0 spiro atoms. The molecule has 2 heterocycles. The van der Waals surface area contributed by atoms with Gasteiger partial charge in [0.05, 0.1) is 18.4 Å². The maximum absolute atomic E-state index is 13.0. The SMILES string of the molecule is COc1ccccc1C(=O)NC(CCSC)C(=O)Nc1ccc(-c2cn3c(n2)CCCC3)cc1. The predicted molar refractivity (Wildman–Crippen MR) is 136 cm³/mol. The zero-order valence-corrected chi connectivity index (χ0v) is 20.4. The van der Waals surface area contributed by atoms with Gasteiger partial charge < -0.3 is 19.9 Å². The quantitative estimate of drug-likeness (QED) is 0.477. The number of thioether (sulfide) groups is 1. The third-order valence-corrected chi connectivity index (χ3v) is 6.58. The number of methoxy groups -OCH3 is 1. The molecular formula is C26H30N4O3S. The van der Waals surface area contributed by atoms with Crippen molar-refractivity contribution in [2.75, 3.05) is 24.4 Å². The fraction of sp³-hybridized carbons (Fsp3) is 0.346. The van der Waals surface area contributed by atoms with Crippen LogP contribution in [0.3, 0.4) is 0 Å². The molecular weight excluding hydrogens is 448 g/mol. The third-order valence-electron chi connectivity index (χ3n) is 5.94. The minimum atomic E-state index is -0.663. The summed E-state index contributed by atoms with van der Waals surface area (Å²) in [7, 11) is 1.52. The maximum atomic E-state index is 13.0. The Balaban J connectivity index is 1.43. The van der Waals surface area contributed by atoms with Crippen molar-refractivity contribution in [2.24, 2.45) is 0 Å². The third kappa shape index (κ3) is 5.62. The average molecular weight is 479 g/mol. The number of anilines is 1. The highest BCUT2D eigenvalue weighted by Crippen LogP contribution is 2.24. The van der Waals surface area contributed by atoms with Gasteiger partial charge >= 0.3 is 0 Å². The molecule has 1 aliphatic heterocycles. The number of imidazole rings is 1. The van der Waals surface area contributed by atoms with Gasteiger partial charge in [0.25, 0.3) is 5.91 Å². The Bertz CT molecular complexity index is 1120. The fourth-order valence-electron chi connectivity index (χ4n) is 4.08. The highest BCUT2D eigenvalue weighted by atomic mass is 32.2. The molecule has 1 aromatic heterocycles. The van der Waals surface area contributed by atoms with Gasteiger partial charge in [0.2, 0.25) is 5.91 Å². The number of nitrogens with one attached hydrogen (secondary N) is 2. The van der Waals surface area contributed by atoms with Gasteiger partial charge in [-0.3, -0.25) is 9.59 Å². The Morgan fingerprint density at radius 3 is 2.68 bits per heavy atom. The lowest BCUT2D eigenvalue weighted by molar-refractivity contribution is -0.118. The second-order valence-electron chi connectivity index (χ2n) is 8.27. The number of hydrogen-bond acceptors (Lipinski definition) is 5. The van der Waals surface area contributed by atoms with E-state index in [9.17, 15) is 9.59 Å². The van der Waals surface area contributed by atoms with Gasteiger partial charge in [-0.2, -0.15) is 11.8 Å². The van der Waals surface area contributed by atoms with E-state index in [4.69, 9.17) is 9.72 Å². The van der Waals surface area contributed by atoms with Crippen molar-refractivity contribution < 1.29 is 14.3 Å². The molecule has 1 atom stereocenters. The minimum absolute atomic E-state index is 0.248. The second kappa shape index (κ2) is 11.2. The molecule has 0 fully saturated rings. The number of fused-ring (bicyclic) bond motifs is 1. The van der Waals surface area contributed by atoms with E-state index in [1.165, 1.54) is 20.0 Å². The standard InChI is InChI=1S/C26H30N4O3S/c1-33-23-8-4-3-7-20(23)25(31)29-21(14-16-34-2)26(32)27-19-12-10-18(11-13-19)22-17-30-15-6-5-9-24(30)28-22/h3-4,7-8,10-13,17,21H,5-6,9,14-16H2,1-2H3,(H,27,32)(H,29,31). The lowest BCUT2D eigenvalue weighted by Crippen LogP contribution is -2.44. The number of ether oxygens (including phenoxy) is 1. The van der Waals surface area contributed by atoms with Crippen LogP contribution < -0.4 is 15.4 Å². The Kier molecular flexibility index (Phi) is 7.90. The molecule has 7 nitrogen and oxygen atoms in total. The molecule has 1 unspecified atom stereocenters. The van der Waals surface area contributed by atoms with Gasteiger partial charge in [-0.15, -0.1) is 0 Å². The molecule has 178 valence electrons. The first kappa shape index (κ1) is 23.9. The van der Waals surface area contributed by atoms with Crippen molar-refractivity contribution in [3.05, 3.63) is 66.1 Å². The molecule has 4 rings (SSSR count). The van der Waals surface area contributed by atoms with Gasteiger partial charge in [-0.05, 0) is 55.5 Å². The molecule has 2 aromatic carbocycles. The molecule has 8 heteroatoms. The van der Waals surface area contributed by atoms with Crippen LogP contribution in [0.1, 0.15) is 35.4 Å².